The monoisotopic (exact) mass is 335 g/mol. The van der Waals surface area contributed by atoms with Gasteiger partial charge in [0.1, 0.15) is 17.1 Å². The molecular formula is C15H11Cl2N3O2. The van der Waals surface area contributed by atoms with Gasteiger partial charge in [-0.1, -0.05) is 23.2 Å². The van der Waals surface area contributed by atoms with Gasteiger partial charge in [-0.05, 0) is 29.8 Å². The number of halogens is 2. The average molecular weight is 336 g/mol. The van der Waals surface area contributed by atoms with Gasteiger partial charge in [0.15, 0.2) is 5.78 Å². The standard InChI is InChI=1S/C15H11Cl2N3O2/c16-9-1-2-11(21)14(15(9)17)8-3-4-20-7-10(12(22)6-18)19-13(20)5-8/h1-5,7,21H,6,18H2. The SMILES string of the molecule is NCC(=O)c1cn2ccc(-c3c(O)ccc(Cl)c3Cl)cc2n1. The second-order valence-corrected chi connectivity index (χ2v) is 5.47. The van der Waals surface area contributed by atoms with Crippen molar-refractivity contribution in [3.8, 4) is 16.9 Å². The fourth-order valence-electron chi connectivity index (χ4n) is 2.19. The quantitative estimate of drug-likeness (QED) is 0.720. The number of phenolic OH excluding ortho intramolecular Hbond substituents is 1. The molecule has 1 aromatic carbocycles. The fourth-order valence-corrected chi connectivity index (χ4v) is 2.62. The lowest BCUT2D eigenvalue weighted by Gasteiger charge is -2.09. The molecule has 0 amide bonds. The van der Waals surface area contributed by atoms with Crippen molar-refractivity contribution in [1.82, 2.24) is 9.38 Å². The van der Waals surface area contributed by atoms with E-state index in [0.717, 1.165) is 0 Å². The first-order valence-electron chi connectivity index (χ1n) is 6.40. The van der Waals surface area contributed by atoms with Crippen molar-refractivity contribution in [3.05, 3.63) is 52.4 Å². The van der Waals surface area contributed by atoms with Crippen LogP contribution < -0.4 is 5.73 Å². The molecule has 0 aliphatic carbocycles. The molecule has 0 bridgehead atoms. The second kappa shape index (κ2) is 5.61. The third kappa shape index (κ3) is 2.43. The third-order valence-electron chi connectivity index (χ3n) is 3.29. The summed E-state index contributed by atoms with van der Waals surface area (Å²) < 4.78 is 1.70. The number of imidazole rings is 1. The number of pyridine rings is 1. The van der Waals surface area contributed by atoms with Gasteiger partial charge in [0.2, 0.25) is 0 Å². The van der Waals surface area contributed by atoms with E-state index in [1.54, 1.807) is 28.9 Å². The molecule has 22 heavy (non-hydrogen) atoms. The lowest BCUT2D eigenvalue weighted by atomic mass is 10.1. The van der Waals surface area contributed by atoms with Gasteiger partial charge < -0.3 is 15.2 Å². The number of fused-ring (bicyclic) bond motifs is 1. The van der Waals surface area contributed by atoms with E-state index in [1.165, 1.54) is 12.1 Å². The molecule has 0 saturated carbocycles. The smallest absolute Gasteiger partial charge is 0.196 e. The van der Waals surface area contributed by atoms with Crippen LogP contribution in [0.3, 0.4) is 0 Å². The van der Waals surface area contributed by atoms with Crippen LogP contribution in [0.1, 0.15) is 10.5 Å². The van der Waals surface area contributed by atoms with Gasteiger partial charge >= 0.3 is 0 Å². The van der Waals surface area contributed by atoms with Gasteiger partial charge in [-0.25, -0.2) is 4.98 Å². The lowest BCUT2D eigenvalue weighted by molar-refractivity contribution is 0.0997. The van der Waals surface area contributed by atoms with E-state index in [1.807, 2.05) is 0 Å². The van der Waals surface area contributed by atoms with Gasteiger partial charge in [-0.2, -0.15) is 0 Å². The minimum Gasteiger partial charge on any atom is -0.507 e. The molecule has 2 aromatic heterocycles. The minimum absolute atomic E-state index is 0.0172. The summed E-state index contributed by atoms with van der Waals surface area (Å²) in [5.74, 6) is -0.225. The van der Waals surface area contributed by atoms with E-state index >= 15 is 0 Å². The largest absolute Gasteiger partial charge is 0.507 e. The zero-order valence-electron chi connectivity index (χ0n) is 11.3. The van der Waals surface area contributed by atoms with Crippen molar-refractivity contribution in [2.75, 3.05) is 6.54 Å². The molecule has 0 spiro atoms. The molecule has 0 saturated heterocycles. The van der Waals surface area contributed by atoms with Gasteiger partial charge in [-0.15, -0.1) is 0 Å². The number of carbonyl (C=O) groups is 1. The molecule has 3 rings (SSSR count). The highest BCUT2D eigenvalue weighted by Gasteiger charge is 2.15. The van der Waals surface area contributed by atoms with Crippen molar-refractivity contribution in [3.63, 3.8) is 0 Å². The van der Waals surface area contributed by atoms with Crippen molar-refractivity contribution in [2.24, 2.45) is 5.73 Å². The summed E-state index contributed by atoms with van der Waals surface area (Å²) in [6.07, 6.45) is 3.33. The van der Waals surface area contributed by atoms with Crippen LogP contribution in [-0.2, 0) is 0 Å². The summed E-state index contributed by atoms with van der Waals surface area (Å²) in [5.41, 5.74) is 7.25. The highest BCUT2D eigenvalue weighted by Crippen LogP contribution is 2.40. The number of hydrogen-bond acceptors (Lipinski definition) is 4. The first-order chi connectivity index (χ1) is 10.5. The fraction of sp³-hybridized carbons (Fsp3) is 0.0667. The summed E-state index contributed by atoms with van der Waals surface area (Å²) in [4.78, 5) is 15.8. The molecule has 2 heterocycles. The van der Waals surface area contributed by atoms with Crippen molar-refractivity contribution < 1.29 is 9.90 Å². The molecule has 0 unspecified atom stereocenters. The Bertz CT molecular complexity index is 890. The number of rotatable bonds is 3. The normalized spacial score (nSPS) is 11.0. The Labute approximate surface area is 135 Å². The highest BCUT2D eigenvalue weighted by atomic mass is 35.5. The van der Waals surface area contributed by atoms with Gasteiger partial charge in [0.25, 0.3) is 0 Å². The Hall–Kier alpha value is -2.08. The maximum Gasteiger partial charge on any atom is 0.196 e. The first kappa shape index (κ1) is 14.8. The van der Waals surface area contributed by atoms with Crippen LogP contribution in [-0.4, -0.2) is 26.8 Å². The lowest BCUT2D eigenvalue weighted by Crippen LogP contribution is -2.13. The van der Waals surface area contributed by atoms with E-state index < -0.39 is 0 Å². The zero-order valence-corrected chi connectivity index (χ0v) is 12.8. The number of aromatic nitrogens is 2. The van der Waals surface area contributed by atoms with Crippen LogP contribution in [0.4, 0.5) is 0 Å². The Morgan fingerprint density at radius 3 is 2.82 bits per heavy atom. The van der Waals surface area contributed by atoms with Crippen molar-refractivity contribution in [2.45, 2.75) is 0 Å². The van der Waals surface area contributed by atoms with Gasteiger partial charge in [-0.3, -0.25) is 4.79 Å². The van der Waals surface area contributed by atoms with Crippen LogP contribution in [0.25, 0.3) is 16.8 Å². The molecule has 0 fully saturated rings. The number of aromatic hydroxyl groups is 1. The highest BCUT2D eigenvalue weighted by molar-refractivity contribution is 6.44. The van der Waals surface area contributed by atoms with E-state index in [4.69, 9.17) is 28.9 Å². The minimum atomic E-state index is -0.242. The Morgan fingerprint density at radius 2 is 2.09 bits per heavy atom. The van der Waals surface area contributed by atoms with Gasteiger partial charge in [0.05, 0.1) is 16.6 Å². The molecule has 112 valence electrons. The van der Waals surface area contributed by atoms with E-state index in [-0.39, 0.29) is 23.1 Å². The second-order valence-electron chi connectivity index (χ2n) is 4.69. The molecule has 3 N–H and O–H groups in total. The summed E-state index contributed by atoms with van der Waals surface area (Å²) in [6, 6.07) is 6.46. The molecule has 0 aliphatic rings. The third-order valence-corrected chi connectivity index (χ3v) is 4.10. The van der Waals surface area contributed by atoms with Crippen LogP contribution >= 0.6 is 23.2 Å². The number of carbonyl (C=O) groups excluding carboxylic acids is 1. The number of nitrogens with two attached hydrogens (primary N) is 1. The molecule has 0 radical (unpaired) electrons. The summed E-state index contributed by atoms with van der Waals surface area (Å²) in [5, 5.41) is 10.6. The van der Waals surface area contributed by atoms with Gasteiger partial charge in [0, 0.05) is 18.0 Å². The first-order valence-corrected chi connectivity index (χ1v) is 7.16. The van der Waals surface area contributed by atoms with Crippen LogP contribution in [0, 0.1) is 0 Å². The molecular weight excluding hydrogens is 325 g/mol. The summed E-state index contributed by atoms with van der Waals surface area (Å²) in [7, 11) is 0. The van der Waals surface area contributed by atoms with E-state index in [0.29, 0.717) is 27.5 Å². The number of hydrogen-bond donors (Lipinski definition) is 2. The van der Waals surface area contributed by atoms with Crippen molar-refractivity contribution in [1.29, 1.82) is 0 Å². The predicted octanol–water partition coefficient (Wildman–Crippen LogP) is 3.16. The van der Waals surface area contributed by atoms with Crippen molar-refractivity contribution >= 4 is 34.6 Å². The zero-order chi connectivity index (χ0) is 15.9. The summed E-state index contributed by atoms with van der Waals surface area (Å²) in [6.45, 7) is -0.0996. The van der Waals surface area contributed by atoms with E-state index in [2.05, 4.69) is 4.98 Å². The maximum atomic E-state index is 11.6. The molecule has 7 heteroatoms. The number of ketones is 1. The maximum absolute atomic E-state index is 11.6. The summed E-state index contributed by atoms with van der Waals surface area (Å²) >= 11 is 12.2. The molecule has 0 atom stereocenters. The molecule has 0 aliphatic heterocycles. The average Bonchev–Trinajstić information content (AvgIpc) is 2.94. The Morgan fingerprint density at radius 1 is 1.32 bits per heavy atom. The Balaban J connectivity index is 2.17. The predicted molar refractivity (Wildman–Crippen MR) is 85.7 cm³/mol. The molecule has 5 nitrogen and oxygen atoms in total. The number of benzene rings is 1. The van der Waals surface area contributed by atoms with Crippen LogP contribution in [0.2, 0.25) is 10.0 Å². The molecule has 3 aromatic rings. The number of phenols is 1. The number of Topliss-reactive ketones (excluding diaryl/α,β-unsaturated/α-hetero) is 1. The Kier molecular flexibility index (Phi) is 3.78. The number of nitrogens with zero attached hydrogens (tertiary/aromatic N) is 2. The van der Waals surface area contributed by atoms with Crippen LogP contribution in [0.5, 0.6) is 5.75 Å². The van der Waals surface area contributed by atoms with E-state index in [9.17, 15) is 9.90 Å². The van der Waals surface area contributed by atoms with Crippen LogP contribution in [0.15, 0.2) is 36.7 Å². The topological polar surface area (TPSA) is 80.6 Å².